The molecule has 1 atom stereocenters. The Bertz CT molecular complexity index is 1040. The number of benzene rings is 1. The summed E-state index contributed by atoms with van der Waals surface area (Å²) in [4.78, 5) is 30.2. The number of halogens is 1. The van der Waals surface area contributed by atoms with Gasteiger partial charge < -0.3 is 5.73 Å². The maximum Gasteiger partial charge on any atom is 0.263 e. The molecule has 25 heavy (non-hydrogen) atoms. The van der Waals surface area contributed by atoms with Crippen molar-refractivity contribution in [3.63, 3.8) is 0 Å². The zero-order valence-corrected chi connectivity index (χ0v) is 16.6. The van der Waals surface area contributed by atoms with Gasteiger partial charge in [0, 0.05) is 15.4 Å². The Morgan fingerprint density at radius 3 is 2.72 bits per heavy atom. The van der Waals surface area contributed by atoms with E-state index in [9.17, 15) is 9.59 Å². The van der Waals surface area contributed by atoms with Gasteiger partial charge in [0.05, 0.1) is 5.39 Å². The predicted molar refractivity (Wildman–Crippen MR) is 105 cm³/mol. The Labute approximate surface area is 157 Å². The lowest BCUT2D eigenvalue weighted by atomic mass is 10.0. The monoisotopic (exact) mass is 419 g/mol. The van der Waals surface area contributed by atoms with E-state index < -0.39 is 11.9 Å². The molecule has 2 aromatic heterocycles. The first kappa shape index (κ1) is 17.8. The fourth-order valence-electron chi connectivity index (χ4n) is 3.03. The molecule has 0 saturated heterocycles. The molecule has 0 radical (unpaired) electrons. The third-order valence-corrected chi connectivity index (χ3v) is 5.82. The van der Waals surface area contributed by atoms with Crippen LogP contribution in [0.5, 0.6) is 0 Å². The van der Waals surface area contributed by atoms with Crippen LogP contribution >= 0.6 is 27.3 Å². The van der Waals surface area contributed by atoms with E-state index in [4.69, 9.17) is 5.73 Å². The van der Waals surface area contributed by atoms with Crippen LogP contribution in [0, 0.1) is 13.8 Å². The first-order valence-electron chi connectivity index (χ1n) is 7.91. The first-order chi connectivity index (χ1) is 11.8. The van der Waals surface area contributed by atoms with Crippen LogP contribution in [-0.4, -0.2) is 15.5 Å². The number of primary amides is 1. The molecule has 0 saturated carbocycles. The lowest BCUT2D eigenvalue weighted by Crippen LogP contribution is -2.35. The molecule has 1 amide bonds. The SMILES string of the molecule is CCC(C(N)=O)n1c(C)nc2scc(-c3cc(C)ccc3Br)c2c1=O. The molecule has 0 aliphatic rings. The number of amides is 1. The number of rotatable bonds is 4. The molecule has 7 heteroatoms. The second kappa shape index (κ2) is 6.72. The van der Waals surface area contributed by atoms with Gasteiger partial charge in [-0.3, -0.25) is 14.2 Å². The predicted octanol–water partition coefficient (Wildman–Crippen LogP) is 3.94. The number of hydrogen-bond acceptors (Lipinski definition) is 4. The minimum absolute atomic E-state index is 0.224. The van der Waals surface area contributed by atoms with E-state index in [1.165, 1.54) is 15.9 Å². The minimum atomic E-state index is -0.696. The van der Waals surface area contributed by atoms with E-state index in [-0.39, 0.29) is 5.56 Å². The topological polar surface area (TPSA) is 78.0 Å². The summed E-state index contributed by atoms with van der Waals surface area (Å²) in [5.41, 5.74) is 8.13. The number of hydrogen-bond donors (Lipinski definition) is 1. The van der Waals surface area contributed by atoms with Gasteiger partial charge in [0.1, 0.15) is 16.7 Å². The van der Waals surface area contributed by atoms with Crippen molar-refractivity contribution in [2.75, 3.05) is 0 Å². The molecule has 0 fully saturated rings. The van der Waals surface area contributed by atoms with Crippen LogP contribution in [0.25, 0.3) is 21.3 Å². The van der Waals surface area contributed by atoms with Crippen LogP contribution in [0.2, 0.25) is 0 Å². The number of carbonyl (C=O) groups excluding carboxylic acids is 1. The van der Waals surface area contributed by atoms with Crippen molar-refractivity contribution in [2.45, 2.75) is 33.2 Å². The normalized spacial score (nSPS) is 12.5. The number of nitrogens with two attached hydrogens (primary N) is 1. The van der Waals surface area contributed by atoms with E-state index >= 15 is 0 Å². The molecule has 0 bridgehead atoms. The number of carbonyl (C=O) groups is 1. The fraction of sp³-hybridized carbons (Fsp3) is 0.278. The van der Waals surface area contributed by atoms with E-state index in [2.05, 4.69) is 20.9 Å². The van der Waals surface area contributed by atoms with E-state index in [0.29, 0.717) is 22.5 Å². The Hall–Kier alpha value is -1.99. The molecule has 0 spiro atoms. The summed E-state index contributed by atoms with van der Waals surface area (Å²) in [6.45, 7) is 5.57. The zero-order valence-electron chi connectivity index (χ0n) is 14.2. The summed E-state index contributed by atoms with van der Waals surface area (Å²) in [5, 5.41) is 2.47. The summed E-state index contributed by atoms with van der Waals surface area (Å²) < 4.78 is 2.33. The average Bonchev–Trinajstić information content (AvgIpc) is 2.96. The lowest BCUT2D eigenvalue weighted by molar-refractivity contribution is -0.121. The molecule has 0 aliphatic carbocycles. The summed E-state index contributed by atoms with van der Waals surface area (Å²) >= 11 is 4.99. The molecule has 130 valence electrons. The Morgan fingerprint density at radius 1 is 1.36 bits per heavy atom. The molecular weight excluding hydrogens is 402 g/mol. The van der Waals surface area contributed by atoms with Crippen LogP contribution in [0.3, 0.4) is 0 Å². The minimum Gasteiger partial charge on any atom is -0.368 e. The molecule has 2 heterocycles. The van der Waals surface area contributed by atoms with Gasteiger partial charge in [-0.25, -0.2) is 4.98 Å². The Morgan fingerprint density at radius 2 is 2.08 bits per heavy atom. The summed E-state index contributed by atoms with van der Waals surface area (Å²) in [6, 6.07) is 5.30. The standard InChI is InChI=1S/C18H18BrN3O2S/c1-4-14(16(20)23)22-10(3)21-17-15(18(22)24)12(8-25-17)11-7-9(2)5-6-13(11)19/h5-8,14H,4H2,1-3H3,(H2,20,23). The third-order valence-electron chi connectivity index (χ3n) is 4.26. The number of fused-ring (bicyclic) bond motifs is 1. The van der Waals surface area contributed by atoms with Crippen LogP contribution in [0.4, 0.5) is 0 Å². The van der Waals surface area contributed by atoms with Crippen LogP contribution in [0.15, 0.2) is 32.8 Å². The fourth-order valence-corrected chi connectivity index (χ4v) is 4.46. The van der Waals surface area contributed by atoms with Gasteiger partial charge in [-0.05, 0) is 31.9 Å². The molecule has 1 aromatic carbocycles. The molecular formula is C18H18BrN3O2S. The Balaban J connectivity index is 2.36. The van der Waals surface area contributed by atoms with Crippen molar-refractivity contribution < 1.29 is 4.79 Å². The highest BCUT2D eigenvalue weighted by Crippen LogP contribution is 2.36. The van der Waals surface area contributed by atoms with E-state index in [1.807, 2.05) is 37.4 Å². The van der Waals surface area contributed by atoms with Crippen molar-refractivity contribution in [1.29, 1.82) is 0 Å². The highest BCUT2D eigenvalue weighted by atomic mass is 79.9. The van der Waals surface area contributed by atoms with E-state index in [1.54, 1.807) is 6.92 Å². The number of thiophene rings is 1. The average molecular weight is 420 g/mol. The Kier molecular flexibility index (Phi) is 4.79. The van der Waals surface area contributed by atoms with Gasteiger partial charge >= 0.3 is 0 Å². The molecule has 2 N–H and O–H groups in total. The quantitative estimate of drug-likeness (QED) is 0.695. The summed E-state index contributed by atoms with van der Waals surface area (Å²) in [5.74, 6) is -0.0257. The van der Waals surface area contributed by atoms with Crippen LogP contribution < -0.4 is 11.3 Å². The van der Waals surface area contributed by atoms with Gasteiger partial charge in [0.2, 0.25) is 5.91 Å². The largest absolute Gasteiger partial charge is 0.368 e. The maximum absolute atomic E-state index is 13.2. The van der Waals surface area contributed by atoms with Crippen LogP contribution in [-0.2, 0) is 4.79 Å². The lowest BCUT2D eigenvalue weighted by Gasteiger charge is -2.17. The van der Waals surface area contributed by atoms with Gasteiger partial charge in [-0.2, -0.15) is 0 Å². The summed E-state index contributed by atoms with van der Waals surface area (Å²) in [6.07, 6.45) is 0.441. The smallest absolute Gasteiger partial charge is 0.263 e. The number of nitrogens with zero attached hydrogens (tertiary/aromatic N) is 2. The number of aryl methyl sites for hydroxylation is 2. The van der Waals surface area contributed by atoms with Gasteiger partial charge in [0.15, 0.2) is 0 Å². The third kappa shape index (κ3) is 3.02. The van der Waals surface area contributed by atoms with Crippen molar-refractivity contribution in [3.05, 3.63) is 49.8 Å². The summed E-state index contributed by atoms with van der Waals surface area (Å²) in [7, 11) is 0. The molecule has 3 rings (SSSR count). The van der Waals surface area contributed by atoms with Crippen molar-refractivity contribution in [1.82, 2.24) is 9.55 Å². The van der Waals surface area contributed by atoms with E-state index in [0.717, 1.165) is 21.2 Å². The van der Waals surface area contributed by atoms with Crippen LogP contribution in [0.1, 0.15) is 30.8 Å². The van der Waals surface area contributed by atoms with Crippen molar-refractivity contribution in [3.8, 4) is 11.1 Å². The molecule has 0 aliphatic heterocycles. The molecule has 1 unspecified atom stereocenters. The zero-order chi connectivity index (χ0) is 18.3. The van der Waals surface area contributed by atoms with Crippen molar-refractivity contribution in [2.24, 2.45) is 5.73 Å². The van der Waals surface area contributed by atoms with Gasteiger partial charge in [-0.1, -0.05) is 40.5 Å². The van der Waals surface area contributed by atoms with Crippen molar-refractivity contribution >= 4 is 43.4 Å². The highest BCUT2D eigenvalue weighted by molar-refractivity contribution is 9.10. The first-order valence-corrected chi connectivity index (χ1v) is 9.58. The second-order valence-electron chi connectivity index (χ2n) is 5.97. The number of aromatic nitrogens is 2. The van der Waals surface area contributed by atoms with Gasteiger partial charge in [-0.15, -0.1) is 11.3 Å². The van der Waals surface area contributed by atoms with Gasteiger partial charge in [0.25, 0.3) is 5.56 Å². The highest BCUT2D eigenvalue weighted by Gasteiger charge is 2.23. The molecule has 5 nitrogen and oxygen atoms in total. The molecule has 3 aromatic rings. The second-order valence-corrected chi connectivity index (χ2v) is 7.69. The maximum atomic E-state index is 13.2.